The van der Waals surface area contributed by atoms with E-state index in [1.807, 2.05) is 0 Å². The summed E-state index contributed by atoms with van der Waals surface area (Å²) in [5.74, 6) is 0. The fraction of sp³-hybridized carbons (Fsp3) is 0.400. The third-order valence-electron chi connectivity index (χ3n) is 1.39. The van der Waals surface area contributed by atoms with E-state index < -0.39 is 15.7 Å². The summed E-state index contributed by atoms with van der Waals surface area (Å²) in [5, 5.41) is 0. The quantitative estimate of drug-likeness (QED) is 0.518. The third kappa shape index (κ3) is 5.58. The van der Waals surface area contributed by atoms with Crippen molar-refractivity contribution in [2.24, 2.45) is 0 Å². The second-order valence-electron chi connectivity index (χ2n) is 3.96. The van der Waals surface area contributed by atoms with Crippen LogP contribution in [0.25, 0.3) is 0 Å². The first kappa shape index (κ1) is 15.8. The molecule has 0 N–H and O–H groups in total. The molecule has 0 aliphatic rings. The number of benzene rings is 1. The molecule has 5 heteroatoms. The van der Waals surface area contributed by atoms with Gasteiger partial charge in [-0.25, -0.2) is 0 Å². The zero-order valence-corrected chi connectivity index (χ0v) is 13.5. The topological polar surface area (TPSA) is 43.4 Å². The van der Waals surface area contributed by atoms with Crippen molar-refractivity contribution in [2.75, 3.05) is 0 Å². The van der Waals surface area contributed by atoms with Gasteiger partial charge in [-0.15, -0.1) is 0 Å². The second kappa shape index (κ2) is 5.91. The molecule has 0 unspecified atom stereocenters. The van der Waals surface area contributed by atoms with Crippen LogP contribution in [0.4, 0.5) is 0 Å². The van der Waals surface area contributed by atoms with E-state index in [0.29, 0.717) is 0 Å². The molecule has 0 saturated heterocycles. The second-order valence-corrected chi connectivity index (χ2v) is 5.51. The van der Waals surface area contributed by atoms with Gasteiger partial charge in [-0.2, -0.15) is 8.42 Å². The molecule has 1 aromatic rings. The van der Waals surface area contributed by atoms with Gasteiger partial charge in [0.15, 0.2) is 0 Å². The zero-order valence-electron chi connectivity index (χ0n) is 10.5. The van der Waals surface area contributed by atoms with E-state index in [4.69, 9.17) is 4.18 Å². The molecule has 0 atom stereocenters. The van der Waals surface area contributed by atoms with E-state index in [0.717, 1.165) is 0 Å². The Morgan fingerprint density at radius 3 is 2.00 bits per heavy atom. The molecule has 0 spiro atoms. The Balaban J connectivity index is 0. The van der Waals surface area contributed by atoms with Crippen LogP contribution in [0.5, 0.6) is 0 Å². The Labute approximate surface area is 135 Å². The standard InChI is InChI=1S/C10H14O3S.K.H/c1-10(2,3)13-14(11,12)9-7-5-4-6-8-9;;/h4-8H,1-3H3;;/q;+1;-1. The van der Waals surface area contributed by atoms with Crippen LogP contribution in [0.2, 0.25) is 0 Å². The molecular weight excluding hydrogens is 239 g/mol. The van der Waals surface area contributed by atoms with E-state index in [1.54, 1.807) is 39.0 Å². The largest absolute Gasteiger partial charge is 1.00 e. The Kier molecular flexibility index (Phi) is 6.21. The van der Waals surface area contributed by atoms with Crippen LogP contribution < -0.4 is 51.4 Å². The van der Waals surface area contributed by atoms with Crippen molar-refractivity contribution < 1.29 is 65.4 Å². The van der Waals surface area contributed by atoms with E-state index in [9.17, 15) is 8.42 Å². The summed E-state index contributed by atoms with van der Waals surface area (Å²) >= 11 is 0. The molecule has 0 bridgehead atoms. The monoisotopic (exact) mass is 254 g/mol. The van der Waals surface area contributed by atoms with Crippen LogP contribution in [0, 0.1) is 0 Å². The number of hydrogen-bond donors (Lipinski definition) is 0. The maximum atomic E-state index is 11.6. The maximum Gasteiger partial charge on any atom is 1.00 e. The average Bonchev–Trinajstić information content (AvgIpc) is 2.01. The van der Waals surface area contributed by atoms with Gasteiger partial charge in [0, 0.05) is 0 Å². The first-order valence-corrected chi connectivity index (χ1v) is 5.73. The van der Waals surface area contributed by atoms with Crippen LogP contribution >= 0.6 is 0 Å². The van der Waals surface area contributed by atoms with Crippen molar-refractivity contribution >= 4 is 10.1 Å². The SMILES string of the molecule is CC(C)(C)OS(=O)(=O)c1ccccc1.[H-].[K+]. The minimum absolute atomic E-state index is 0. The van der Waals surface area contributed by atoms with Gasteiger partial charge in [0.25, 0.3) is 10.1 Å². The van der Waals surface area contributed by atoms with Gasteiger partial charge in [-0.1, -0.05) is 18.2 Å². The predicted molar refractivity (Wildman–Crippen MR) is 55.6 cm³/mol. The molecule has 0 heterocycles. The van der Waals surface area contributed by atoms with E-state index in [1.165, 1.54) is 12.1 Å². The predicted octanol–water partition coefficient (Wildman–Crippen LogP) is -0.693. The van der Waals surface area contributed by atoms with Gasteiger partial charge in [-0.05, 0) is 32.9 Å². The van der Waals surface area contributed by atoms with Crippen LogP contribution in [0.1, 0.15) is 22.2 Å². The van der Waals surface area contributed by atoms with Crippen molar-refractivity contribution in [3.63, 3.8) is 0 Å². The van der Waals surface area contributed by atoms with E-state index >= 15 is 0 Å². The number of hydrogen-bond acceptors (Lipinski definition) is 3. The molecule has 0 radical (unpaired) electrons. The normalized spacial score (nSPS) is 11.9. The Bertz CT molecular complexity index is 398. The molecule has 1 rings (SSSR count). The molecule has 0 amide bonds. The number of rotatable bonds is 2. The minimum atomic E-state index is -3.62. The van der Waals surface area contributed by atoms with Crippen LogP contribution in [0.3, 0.4) is 0 Å². The van der Waals surface area contributed by atoms with Gasteiger partial charge in [0.2, 0.25) is 0 Å². The summed E-state index contributed by atoms with van der Waals surface area (Å²) in [5.41, 5.74) is -0.700. The Morgan fingerprint density at radius 2 is 1.60 bits per heavy atom. The van der Waals surface area contributed by atoms with Gasteiger partial charge in [0.05, 0.1) is 10.5 Å². The van der Waals surface area contributed by atoms with Crippen molar-refractivity contribution in [2.45, 2.75) is 31.3 Å². The van der Waals surface area contributed by atoms with Crippen LogP contribution in [-0.4, -0.2) is 14.0 Å². The van der Waals surface area contributed by atoms with Gasteiger partial charge in [-0.3, -0.25) is 4.18 Å². The molecule has 3 nitrogen and oxygen atoms in total. The molecule has 15 heavy (non-hydrogen) atoms. The molecular formula is C10H15KO3S. The molecule has 0 aliphatic heterocycles. The van der Waals surface area contributed by atoms with Crippen LogP contribution in [0.15, 0.2) is 35.2 Å². The molecule has 1 aromatic carbocycles. The van der Waals surface area contributed by atoms with Crippen LogP contribution in [-0.2, 0) is 14.3 Å². The van der Waals surface area contributed by atoms with E-state index in [2.05, 4.69) is 0 Å². The smallest absolute Gasteiger partial charge is 1.00 e. The summed E-state index contributed by atoms with van der Waals surface area (Å²) in [6, 6.07) is 8.12. The first-order chi connectivity index (χ1) is 6.31. The van der Waals surface area contributed by atoms with Gasteiger partial charge >= 0.3 is 51.4 Å². The molecule has 0 aliphatic carbocycles. The first-order valence-electron chi connectivity index (χ1n) is 4.32. The summed E-state index contributed by atoms with van der Waals surface area (Å²) in [4.78, 5) is 0.190. The average molecular weight is 254 g/mol. The molecule has 0 saturated carbocycles. The third-order valence-corrected chi connectivity index (χ3v) is 2.96. The van der Waals surface area contributed by atoms with E-state index in [-0.39, 0.29) is 57.7 Å². The maximum absolute atomic E-state index is 11.6. The molecule has 80 valence electrons. The molecule has 0 aromatic heterocycles. The van der Waals surface area contributed by atoms with Gasteiger partial charge in [0.1, 0.15) is 0 Å². The van der Waals surface area contributed by atoms with Gasteiger partial charge < -0.3 is 1.43 Å². The summed E-state index contributed by atoms with van der Waals surface area (Å²) in [6.07, 6.45) is 0. The van der Waals surface area contributed by atoms with Crippen molar-refractivity contribution in [3.8, 4) is 0 Å². The van der Waals surface area contributed by atoms with Crippen molar-refractivity contribution in [3.05, 3.63) is 30.3 Å². The zero-order chi connectivity index (χ0) is 10.8. The fourth-order valence-corrected chi connectivity index (χ4v) is 2.21. The summed E-state index contributed by atoms with van der Waals surface area (Å²) in [6.45, 7) is 5.11. The Hall–Kier alpha value is 0.766. The fourth-order valence-electron chi connectivity index (χ4n) is 0.964. The summed E-state index contributed by atoms with van der Waals surface area (Å²) in [7, 11) is -3.62. The minimum Gasteiger partial charge on any atom is -1.00 e. The summed E-state index contributed by atoms with van der Waals surface area (Å²) < 4.78 is 28.2. The Morgan fingerprint density at radius 1 is 1.13 bits per heavy atom. The van der Waals surface area contributed by atoms with Crippen molar-refractivity contribution in [1.82, 2.24) is 0 Å². The van der Waals surface area contributed by atoms with Crippen molar-refractivity contribution in [1.29, 1.82) is 0 Å². The molecule has 0 fully saturated rings.